The Morgan fingerprint density at radius 2 is 2.03 bits per heavy atom. The van der Waals surface area contributed by atoms with Crippen LogP contribution in [0.4, 0.5) is 17.5 Å². The minimum atomic E-state index is 0.413. The highest BCUT2D eigenvalue weighted by atomic mass is 16.5. The summed E-state index contributed by atoms with van der Waals surface area (Å²) in [6.45, 7) is 3.35. The van der Waals surface area contributed by atoms with Crippen LogP contribution < -0.4 is 15.4 Å². The molecule has 0 bridgehead atoms. The van der Waals surface area contributed by atoms with Crippen LogP contribution in [-0.4, -0.2) is 67.5 Å². The summed E-state index contributed by atoms with van der Waals surface area (Å²) in [5.74, 6) is 3.49. The topological polar surface area (TPSA) is 137 Å². The second-order valence-electron chi connectivity index (χ2n) is 7.28. The molecule has 0 unspecified atom stereocenters. The van der Waals surface area contributed by atoms with Gasteiger partial charge in [-0.05, 0) is 25.1 Å². The fourth-order valence-electron chi connectivity index (χ4n) is 3.39. The fourth-order valence-corrected chi connectivity index (χ4v) is 3.39. The van der Waals surface area contributed by atoms with Crippen molar-refractivity contribution in [3.8, 4) is 17.1 Å². The van der Waals surface area contributed by atoms with Gasteiger partial charge in [-0.2, -0.15) is 10.2 Å². The average Bonchev–Trinajstić information content (AvgIpc) is 3.47. The van der Waals surface area contributed by atoms with Crippen molar-refractivity contribution >= 4 is 28.9 Å². The van der Waals surface area contributed by atoms with Gasteiger partial charge in [0, 0.05) is 25.4 Å². The third kappa shape index (κ3) is 4.66. The Hall–Kier alpha value is -4.45. The van der Waals surface area contributed by atoms with Gasteiger partial charge in [0.05, 0.1) is 25.0 Å². The van der Waals surface area contributed by atoms with Crippen LogP contribution in [0, 0.1) is 6.92 Å². The summed E-state index contributed by atoms with van der Waals surface area (Å²) in [6, 6.07) is 7.27. The number of aromatic nitrogens is 7. The lowest BCUT2D eigenvalue weighted by Crippen LogP contribution is -2.09. The van der Waals surface area contributed by atoms with Gasteiger partial charge in [0.2, 0.25) is 0 Å². The third-order valence-electron chi connectivity index (χ3n) is 4.80. The largest absolute Gasteiger partial charge is 0.489 e. The third-order valence-corrected chi connectivity index (χ3v) is 4.80. The number of methoxy groups -OCH3 is 1. The fraction of sp³-hybridized carbons (Fsp3) is 0.227. The number of rotatable bonds is 8. The first kappa shape index (κ1) is 21.4. The van der Waals surface area contributed by atoms with E-state index in [1.54, 1.807) is 30.1 Å². The van der Waals surface area contributed by atoms with Gasteiger partial charge < -0.3 is 20.1 Å². The van der Waals surface area contributed by atoms with E-state index < -0.39 is 0 Å². The number of hydrogen-bond donors (Lipinski definition) is 2. The van der Waals surface area contributed by atoms with Gasteiger partial charge in [0.25, 0.3) is 0 Å². The van der Waals surface area contributed by atoms with Gasteiger partial charge in [0.15, 0.2) is 17.3 Å². The van der Waals surface area contributed by atoms with Crippen molar-refractivity contribution in [2.24, 2.45) is 4.99 Å². The molecule has 12 heteroatoms. The number of fused-ring (bicyclic) bond motifs is 1. The maximum Gasteiger partial charge on any atom is 0.162 e. The van der Waals surface area contributed by atoms with Crippen molar-refractivity contribution in [1.82, 2.24) is 34.8 Å². The quantitative estimate of drug-likeness (QED) is 0.379. The summed E-state index contributed by atoms with van der Waals surface area (Å²) in [6.07, 6.45) is 7.13. The van der Waals surface area contributed by atoms with E-state index in [0.717, 1.165) is 5.84 Å². The average molecular weight is 458 g/mol. The Balaban J connectivity index is 1.49. The zero-order chi connectivity index (χ0) is 23.3. The summed E-state index contributed by atoms with van der Waals surface area (Å²) in [4.78, 5) is 18.2. The minimum absolute atomic E-state index is 0.413. The van der Waals surface area contributed by atoms with E-state index >= 15 is 0 Å². The number of hydrogen-bond acceptors (Lipinski definition) is 11. The molecule has 5 rings (SSSR count). The maximum absolute atomic E-state index is 5.61. The van der Waals surface area contributed by atoms with Gasteiger partial charge >= 0.3 is 0 Å². The zero-order valence-electron chi connectivity index (χ0n) is 18.6. The van der Waals surface area contributed by atoms with Crippen molar-refractivity contribution in [3.63, 3.8) is 0 Å². The van der Waals surface area contributed by atoms with E-state index in [9.17, 15) is 0 Å². The Bertz CT molecular complexity index is 1380. The lowest BCUT2D eigenvalue weighted by Gasteiger charge is -2.10. The van der Waals surface area contributed by atoms with E-state index in [1.807, 2.05) is 37.3 Å². The molecule has 34 heavy (non-hydrogen) atoms. The molecule has 172 valence electrons. The predicted molar refractivity (Wildman–Crippen MR) is 127 cm³/mol. The summed E-state index contributed by atoms with van der Waals surface area (Å²) >= 11 is 0. The summed E-state index contributed by atoms with van der Waals surface area (Å²) in [7, 11) is 1.62. The van der Waals surface area contributed by atoms with Gasteiger partial charge in [0.1, 0.15) is 35.5 Å². The van der Waals surface area contributed by atoms with E-state index in [-0.39, 0.29) is 0 Å². The monoisotopic (exact) mass is 458 g/mol. The van der Waals surface area contributed by atoms with Crippen molar-refractivity contribution in [1.29, 1.82) is 0 Å². The Kier molecular flexibility index (Phi) is 6.03. The first-order valence-electron chi connectivity index (χ1n) is 10.6. The molecule has 1 aliphatic heterocycles. The van der Waals surface area contributed by atoms with Crippen LogP contribution >= 0.6 is 0 Å². The molecule has 4 aromatic rings. The second-order valence-corrected chi connectivity index (χ2v) is 7.28. The van der Waals surface area contributed by atoms with E-state index in [1.165, 1.54) is 0 Å². The number of nitrogens with one attached hydrogen (secondary N) is 2. The highest BCUT2D eigenvalue weighted by Crippen LogP contribution is 2.29. The molecule has 5 heterocycles. The van der Waals surface area contributed by atoms with E-state index in [0.29, 0.717) is 65.8 Å². The van der Waals surface area contributed by atoms with Gasteiger partial charge in [-0.25, -0.2) is 19.5 Å². The molecule has 0 aliphatic carbocycles. The number of nitrogens with zero attached hydrogens (tertiary/aromatic N) is 8. The zero-order valence-corrected chi connectivity index (χ0v) is 18.6. The molecule has 0 saturated heterocycles. The van der Waals surface area contributed by atoms with Crippen molar-refractivity contribution in [2.45, 2.75) is 6.92 Å². The number of anilines is 3. The van der Waals surface area contributed by atoms with Gasteiger partial charge in [-0.3, -0.25) is 4.99 Å². The first-order valence-corrected chi connectivity index (χ1v) is 10.6. The molecule has 0 amide bonds. The first-order chi connectivity index (χ1) is 16.7. The summed E-state index contributed by atoms with van der Waals surface area (Å²) < 4.78 is 12.4. The Labute approximate surface area is 194 Å². The smallest absolute Gasteiger partial charge is 0.162 e. The molecular weight excluding hydrogens is 436 g/mol. The second kappa shape index (κ2) is 9.58. The van der Waals surface area contributed by atoms with E-state index in [2.05, 4.69) is 45.9 Å². The van der Waals surface area contributed by atoms with Crippen LogP contribution in [0.1, 0.15) is 5.82 Å². The molecule has 0 aromatic carbocycles. The maximum atomic E-state index is 5.61. The molecule has 2 N–H and O–H groups in total. The normalized spacial score (nSPS) is 12.7. The highest BCUT2D eigenvalue weighted by Gasteiger charge is 2.19. The van der Waals surface area contributed by atoms with Gasteiger partial charge in [-0.1, -0.05) is 6.08 Å². The van der Waals surface area contributed by atoms with Crippen LogP contribution in [0.5, 0.6) is 5.75 Å². The number of aryl methyl sites for hydroxylation is 1. The molecular formula is C22H22N10O2. The van der Waals surface area contributed by atoms with Gasteiger partial charge in [-0.15, -0.1) is 5.10 Å². The standard InChI is InChI=1S/C22H22N10O2/c1-14-26-16(12-18(27-14)28-19-11-15(13-24-31-19)34-10-9-33-2)21-22(29-17-5-3-7-23-17)30-20-6-4-8-25-32(20)21/h3-6,8,11-13H,7,9-10H2,1-2H3,(H,23,29)(H,26,27,28,31). The van der Waals surface area contributed by atoms with Crippen LogP contribution in [-0.2, 0) is 4.74 Å². The highest BCUT2D eigenvalue weighted by molar-refractivity contribution is 6.06. The van der Waals surface area contributed by atoms with Crippen molar-refractivity contribution in [3.05, 3.63) is 54.6 Å². The van der Waals surface area contributed by atoms with E-state index in [4.69, 9.17) is 9.47 Å². The predicted octanol–water partition coefficient (Wildman–Crippen LogP) is 2.43. The molecule has 0 saturated carbocycles. The van der Waals surface area contributed by atoms with Crippen LogP contribution in [0.2, 0.25) is 0 Å². The lowest BCUT2D eigenvalue weighted by molar-refractivity contribution is 0.146. The SMILES string of the molecule is COCCOc1cnnc(Nc2cc(-c3c(NC4=NCC=C4)nc4cccnn34)nc(C)n2)c1. The molecule has 1 aliphatic rings. The van der Waals surface area contributed by atoms with Crippen LogP contribution in [0.3, 0.4) is 0 Å². The van der Waals surface area contributed by atoms with Crippen LogP contribution in [0.15, 0.2) is 53.8 Å². The van der Waals surface area contributed by atoms with Crippen molar-refractivity contribution < 1.29 is 9.47 Å². The molecule has 4 aromatic heterocycles. The van der Waals surface area contributed by atoms with Crippen molar-refractivity contribution in [2.75, 3.05) is 37.5 Å². The number of aliphatic imine (C=N–C) groups is 1. The Morgan fingerprint density at radius 1 is 1.09 bits per heavy atom. The summed E-state index contributed by atoms with van der Waals surface area (Å²) in [5, 5.41) is 19.0. The minimum Gasteiger partial charge on any atom is -0.489 e. The molecule has 12 nitrogen and oxygen atoms in total. The molecule has 0 atom stereocenters. The number of ether oxygens (including phenoxy) is 2. The molecule has 0 spiro atoms. The molecule has 0 fully saturated rings. The number of imidazole rings is 1. The van der Waals surface area contributed by atoms with Crippen LogP contribution in [0.25, 0.3) is 17.0 Å². The lowest BCUT2D eigenvalue weighted by atomic mass is 10.2. The molecule has 0 radical (unpaired) electrons. The Morgan fingerprint density at radius 3 is 2.88 bits per heavy atom. The number of amidine groups is 1. The summed E-state index contributed by atoms with van der Waals surface area (Å²) in [5.41, 5.74) is 2.00.